The van der Waals surface area contributed by atoms with Gasteiger partial charge in [-0.3, -0.25) is 4.79 Å². The summed E-state index contributed by atoms with van der Waals surface area (Å²) < 4.78 is -1.17. The number of hydrogen-bond donors (Lipinski definition) is 1. The number of alkyl halides is 2. The van der Waals surface area contributed by atoms with E-state index in [2.05, 4.69) is 0 Å². The van der Waals surface area contributed by atoms with E-state index in [1.807, 2.05) is 25.1 Å². The first kappa shape index (κ1) is 10.8. The Morgan fingerprint density at radius 3 is 2.47 bits per heavy atom. The molecule has 1 N–H and O–H groups in total. The fourth-order valence-electron chi connectivity index (χ4n) is 1.87. The van der Waals surface area contributed by atoms with E-state index >= 15 is 0 Å². The van der Waals surface area contributed by atoms with Crippen LogP contribution in [0.1, 0.15) is 17.5 Å². The second-order valence-electron chi connectivity index (χ2n) is 3.96. The fourth-order valence-corrected chi connectivity index (χ4v) is 2.65. The molecule has 1 unspecified atom stereocenters. The number of halogens is 2. The highest BCUT2D eigenvalue weighted by molar-refractivity contribution is 6.54. The van der Waals surface area contributed by atoms with Gasteiger partial charge in [-0.1, -0.05) is 53.0 Å². The SMILES string of the molecule is Cc1cccc(C2(C(=O)O)CC2(Cl)Cl)c1. The van der Waals surface area contributed by atoms with Gasteiger partial charge in [-0.2, -0.15) is 0 Å². The molecule has 1 fully saturated rings. The Morgan fingerprint density at radius 1 is 1.47 bits per heavy atom. The zero-order chi connectivity index (χ0) is 11.3. The van der Waals surface area contributed by atoms with Crippen LogP contribution in [0.3, 0.4) is 0 Å². The van der Waals surface area contributed by atoms with Crippen LogP contribution in [0.15, 0.2) is 24.3 Å². The Kier molecular flexibility index (Phi) is 2.25. The standard InChI is InChI=1S/C11H10Cl2O2/c1-7-3-2-4-8(5-7)10(9(14)15)6-11(10,12)13/h2-5H,6H2,1H3,(H,14,15). The highest BCUT2D eigenvalue weighted by atomic mass is 35.5. The van der Waals surface area contributed by atoms with Crippen molar-refractivity contribution in [3.63, 3.8) is 0 Å². The molecule has 0 spiro atoms. The first-order valence-electron chi connectivity index (χ1n) is 4.58. The van der Waals surface area contributed by atoms with E-state index in [0.29, 0.717) is 5.56 Å². The van der Waals surface area contributed by atoms with Crippen LogP contribution in [0, 0.1) is 6.92 Å². The molecule has 1 saturated carbocycles. The lowest BCUT2D eigenvalue weighted by atomic mass is 9.95. The van der Waals surface area contributed by atoms with E-state index in [-0.39, 0.29) is 6.42 Å². The van der Waals surface area contributed by atoms with Crippen LogP contribution in [0.2, 0.25) is 0 Å². The van der Waals surface area contributed by atoms with Crippen LogP contribution in [0.4, 0.5) is 0 Å². The van der Waals surface area contributed by atoms with Gasteiger partial charge in [0.15, 0.2) is 0 Å². The summed E-state index contributed by atoms with van der Waals surface area (Å²) in [6, 6.07) is 7.30. The van der Waals surface area contributed by atoms with Crippen molar-refractivity contribution in [2.24, 2.45) is 0 Å². The summed E-state index contributed by atoms with van der Waals surface area (Å²) in [4.78, 5) is 11.2. The number of aliphatic carboxylic acids is 1. The topological polar surface area (TPSA) is 37.3 Å². The van der Waals surface area contributed by atoms with Crippen molar-refractivity contribution < 1.29 is 9.90 Å². The zero-order valence-corrected chi connectivity index (χ0v) is 9.64. The Hall–Kier alpha value is -0.730. The van der Waals surface area contributed by atoms with Gasteiger partial charge in [-0.25, -0.2) is 0 Å². The van der Waals surface area contributed by atoms with Crippen molar-refractivity contribution in [1.82, 2.24) is 0 Å². The molecule has 2 rings (SSSR count). The highest BCUT2D eigenvalue weighted by Crippen LogP contribution is 2.64. The Labute approximate surface area is 97.8 Å². The van der Waals surface area contributed by atoms with Gasteiger partial charge in [0.1, 0.15) is 9.75 Å². The van der Waals surface area contributed by atoms with Gasteiger partial charge >= 0.3 is 5.97 Å². The molecule has 2 nitrogen and oxygen atoms in total. The monoisotopic (exact) mass is 244 g/mol. The van der Waals surface area contributed by atoms with Gasteiger partial charge in [0.2, 0.25) is 0 Å². The largest absolute Gasteiger partial charge is 0.480 e. The summed E-state index contributed by atoms with van der Waals surface area (Å²) in [5.41, 5.74) is 0.562. The molecule has 15 heavy (non-hydrogen) atoms. The zero-order valence-electron chi connectivity index (χ0n) is 8.13. The van der Waals surface area contributed by atoms with E-state index in [4.69, 9.17) is 23.2 Å². The smallest absolute Gasteiger partial charge is 0.317 e. The Bertz CT molecular complexity index is 428. The van der Waals surface area contributed by atoms with Crippen molar-refractivity contribution in [3.8, 4) is 0 Å². The van der Waals surface area contributed by atoms with Gasteiger partial charge < -0.3 is 5.11 Å². The number of rotatable bonds is 2. The maximum Gasteiger partial charge on any atom is 0.317 e. The van der Waals surface area contributed by atoms with E-state index < -0.39 is 15.7 Å². The average molecular weight is 245 g/mol. The first-order chi connectivity index (χ1) is 6.90. The van der Waals surface area contributed by atoms with Crippen molar-refractivity contribution in [2.45, 2.75) is 23.1 Å². The number of hydrogen-bond acceptors (Lipinski definition) is 1. The molecule has 0 bridgehead atoms. The van der Waals surface area contributed by atoms with Gasteiger partial charge in [-0.05, 0) is 12.5 Å². The van der Waals surface area contributed by atoms with Gasteiger partial charge in [0, 0.05) is 6.42 Å². The lowest BCUT2D eigenvalue weighted by Crippen LogP contribution is -2.26. The third-order valence-electron chi connectivity index (χ3n) is 2.86. The number of carboxylic acids is 1. The van der Waals surface area contributed by atoms with Crippen LogP contribution in [0.25, 0.3) is 0 Å². The predicted molar refractivity (Wildman–Crippen MR) is 59.5 cm³/mol. The number of carboxylic acid groups (broad SMARTS) is 1. The van der Waals surface area contributed by atoms with Crippen molar-refractivity contribution >= 4 is 29.2 Å². The normalized spacial score (nSPS) is 27.4. The maximum absolute atomic E-state index is 11.2. The summed E-state index contributed by atoms with van der Waals surface area (Å²) in [5, 5.41) is 9.21. The van der Waals surface area contributed by atoms with Crippen LogP contribution in [-0.2, 0) is 10.2 Å². The Balaban J connectivity index is 2.50. The minimum atomic E-state index is -1.17. The molecule has 80 valence electrons. The summed E-state index contributed by atoms with van der Waals surface area (Å²) in [6.45, 7) is 1.91. The summed E-state index contributed by atoms with van der Waals surface area (Å²) in [7, 11) is 0. The van der Waals surface area contributed by atoms with Crippen molar-refractivity contribution in [1.29, 1.82) is 0 Å². The summed E-state index contributed by atoms with van der Waals surface area (Å²) in [6.07, 6.45) is 0.266. The molecule has 0 amide bonds. The summed E-state index contributed by atoms with van der Waals surface area (Å²) >= 11 is 11.9. The molecule has 1 aromatic carbocycles. The van der Waals surface area contributed by atoms with E-state index in [1.165, 1.54) is 0 Å². The molecule has 0 radical (unpaired) electrons. The minimum absolute atomic E-state index is 0.266. The molecule has 0 aromatic heterocycles. The van der Waals surface area contributed by atoms with E-state index in [1.54, 1.807) is 6.07 Å². The van der Waals surface area contributed by atoms with Crippen LogP contribution < -0.4 is 0 Å². The molecule has 1 atom stereocenters. The highest BCUT2D eigenvalue weighted by Gasteiger charge is 2.72. The second-order valence-corrected chi connectivity index (χ2v) is 5.45. The third kappa shape index (κ3) is 1.44. The fraction of sp³-hybridized carbons (Fsp3) is 0.364. The maximum atomic E-state index is 11.2. The van der Waals surface area contributed by atoms with Crippen molar-refractivity contribution in [2.75, 3.05) is 0 Å². The quantitative estimate of drug-likeness (QED) is 0.813. The second kappa shape index (κ2) is 3.13. The molecule has 4 heteroatoms. The van der Waals surface area contributed by atoms with Crippen LogP contribution >= 0.6 is 23.2 Å². The molecule has 0 aliphatic heterocycles. The molecule has 0 heterocycles. The minimum Gasteiger partial charge on any atom is -0.480 e. The number of benzene rings is 1. The average Bonchev–Trinajstić information content (AvgIpc) is 2.71. The van der Waals surface area contributed by atoms with Crippen LogP contribution in [-0.4, -0.2) is 15.4 Å². The molecule has 1 aliphatic rings. The van der Waals surface area contributed by atoms with E-state index in [0.717, 1.165) is 5.56 Å². The molecule has 1 aromatic rings. The molecular weight excluding hydrogens is 235 g/mol. The molecular formula is C11H10Cl2O2. The number of carbonyl (C=O) groups is 1. The lowest BCUT2D eigenvalue weighted by molar-refractivity contribution is -0.140. The third-order valence-corrected chi connectivity index (χ3v) is 3.78. The molecule has 1 aliphatic carbocycles. The van der Waals surface area contributed by atoms with Gasteiger partial charge in [0.05, 0.1) is 0 Å². The Morgan fingerprint density at radius 2 is 2.07 bits per heavy atom. The van der Waals surface area contributed by atoms with Crippen molar-refractivity contribution in [3.05, 3.63) is 35.4 Å². The van der Waals surface area contributed by atoms with Gasteiger partial charge in [-0.15, -0.1) is 0 Å². The predicted octanol–water partition coefficient (Wildman–Crippen LogP) is 2.90. The lowest BCUT2D eigenvalue weighted by Gasteiger charge is -2.13. The van der Waals surface area contributed by atoms with Gasteiger partial charge in [0.25, 0.3) is 0 Å². The van der Waals surface area contributed by atoms with Crippen LogP contribution in [0.5, 0.6) is 0 Å². The summed E-state index contributed by atoms with van der Waals surface area (Å²) in [5.74, 6) is -0.960. The first-order valence-corrected chi connectivity index (χ1v) is 5.34. The molecule has 0 saturated heterocycles. The number of aryl methyl sites for hydroxylation is 1. The van der Waals surface area contributed by atoms with E-state index in [9.17, 15) is 9.90 Å².